The Labute approximate surface area is 80.9 Å². The number of carboxylic acids is 1. The van der Waals surface area contributed by atoms with E-state index in [4.69, 9.17) is 5.11 Å². The summed E-state index contributed by atoms with van der Waals surface area (Å²) in [5, 5.41) is 8.69. The number of aliphatic imine (C=N–C) groups is 1. The van der Waals surface area contributed by atoms with Gasteiger partial charge in [-0.1, -0.05) is 30.3 Å². The standard InChI is InChI=1S/C10H9NO3/c12-7-11-9(10(13)14)6-8-4-2-1-3-5-8/h1-5,9H,6H2,(H,13,14)/t9-/m1/s1. The molecule has 4 nitrogen and oxygen atoms in total. The van der Waals surface area contributed by atoms with Crippen molar-refractivity contribution >= 4 is 12.0 Å². The third kappa shape index (κ3) is 2.84. The van der Waals surface area contributed by atoms with Crippen LogP contribution in [0.15, 0.2) is 35.3 Å². The lowest BCUT2D eigenvalue weighted by molar-refractivity contribution is -0.138. The van der Waals surface area contributed by atoms with Gasteiger partial charge >= 0.3 is 5.97 Å². The number of carbonyl (C=O) groups excluding carboxylic acids is 1. The second kappa shape index (κ2) is 4.94. The Morgan fingerprint density at radius 2 is 2.07 bits per heavy atom. The smallest absolute Gasteiger partial charge is 0.329 e. The van der Waals surface area contributed by atoms with Crippen LogP contribution in [0.2, 0.25) is 0 Å². The maximum absolute atomic E-state index is 10.6. The highest BCUT2D eigenvalue weighted by molar-refractivity contribution is 5.75. The van der Waals surface area contributed by atoms with Crippen molar-refractivity contribution in [2.24, 2.45) is 4.99 Å². The normalized spacial score (nSPS) is 11.4. The Kier molecular flexibility index (Phi) is 3.58. The second-order valence-corrected chi connectivity index (χ2v) is 2.76. The van der Waals surface area contributed by atoms with Crippen LogP contribution in [0.4, 0.5) is 0 Å². The molecular weight excluding hydrogens is 182 g/mol. The number of carboxylic acid groups (broad SMARTS) is 1. The van der Waals surface area contributed by atoms with E-state index in [9.17, 15) is 9.59 Å². The predicted molar refractivity (Wildman–Crippen MR) is 49.7 cm³/mol. The van der Waals surface area contributed by atoms with Crippen molar-refractivity contribution in [2.45, 2.75) is 12.5 Å². The van der Waals surface area contributed by atoms with E-state index < -0.39 is 12.0 Å². The molecule has 0 radical (unpaired) electrons. The van der Waals surface area contributed by atoms with Crippen LogP contribution < -0.4 is 0 Å². The van der Waals surface area contributed by atoms with E-state index >= 15 is 0 Å². The molecule has 0 amide bonds. The summed E-state index contributed by atoms with van der Waals surface area (Å²) in [6.45, 7) is 0. The zero-order valence-electron chi connectivity index (χ0n) is 7.38. The molecule has 1 rings (SSSR count). The topological polar surface area (TPSA) is 66.7 Å². The van der Waals surface area contributed by atoms with Gasteiger partial charge in [-0.15, -0.1) is 0 Å². The van der Waals surface area contributed by atoms with Gasteiger partial charge in [0.15, 0.2) is 6.04 Å². The molecule has 0 aromatic heterocycles. The Bertz CT molecular complexity index is 353. The molecule has 4 heteroatoms. The summed E-state index contributed by atoms with van der Waals surface area (Å²) < 4.78 is 0. The monoisotopic (exact) mass is 191 g/mol. The predicted octanol–water partition coefficient (Wildman–Crippen LogP) is 1.02. The summed E-state index contributed by atoms with van der Waals surface area (Å²) in [6, 6.07) is 7.99. The van der Waals surface area contributed by atoms with Gasteiger partial charge in [-0.25, -0.2) is 9.59 Å². The van der Waals surface area contributed by atoms with Gasteiger partial charge in [0.1, 0.15) is 0 Å². The van der Waals surface area contributed by atoms with E-state index in [2.05, 4.69) is 4.99 Å². The number of hydrogen-bond donors (Lipinski definition) is 1. The highest BCUT2D eigenvalue weighted by atomic mass is 16.4. The van der Waals surface area contributed by atoms with Crippen molar-refractivity contribution < 1.29 is 14.7 Å². The summed E-state index contributed by atoms with van der Waals surface area (Å²) >= 11 is 0. The van der Waals surface area contributed by atoms with Crippen molar-refractivity contribution in [1.82, 2.24) is 0 Å². The van der Waals surface area contributed by atoms with Crippen LogP contribution in [0.5, 0.6) is 0 Å². The quantitative estimate of drug-likeness (QED) is 0.570. The van der Waals surface area contributed by atoms with Crippen LogP contribution in [-0.4, -0.2) is 23.2 Å². The van der Waals surface area contributed by atoms with E-state index in [-0.39, 0.29) is 6.42 Å². The number of carbonyl (C=O) groups is 1. The first kappa shape index (κ1) is 10.2. The van der Waals surface area contributed by atoms with Gasteiger partial charge < -0.3 is 5.11 Å². The zero-order chi connectivity index (χ0) is 10.4. The van der Waals surface area contributed by atoms with Gasteiger partial charge in [-0.3, -0.25) is 0 Å². The Balaban J connectivity index is 2.75. The SMILES string of the molecule is O=C=N[C@H](Cc1ccccc1)C(=O)O. The van der Waals surface area contributed by atoms with Crippen molar-refractivity contribution in [3.63, 3.8) is 0 Å². The molecule has 0 aliphatic heterocycles. The molecule has 72 valence electrons. The maximum atomic E-state index is 10.6. The van der Waals surface area contributed by atoms with Crippen LogP contribution in [0.1, 0.15) is 5.56 Å². The molecule has 0 fully saturated rings. The molecule has 0 aliphatic carbocycles. The van der Waals surface area contributed by atoms with E-state index in [1.807, 2.05) is 6.07 Å². The molecule has 0 unspecified atom stereocenters. The fourth-order valence-electron chi connectivity index (χ4n) is 1.09. The summed E-state index contributed by atoms with van der Waals surface area (Å²) in [6.07, 6.45) is 1.48. The first-order valence-corrected chi connectivity index (χ1v) is 4.07. The number of hydrogen-bond acceptors (Lipinski definition) is 3. The summed E-state index contributed by atoms with van der Waals surface area (Å²) in [7, 11) is 0. The minimum atomic E-state index is -1.11. The minimum Gasteiger partial charge on any atom is -0.480 e. The number of nitrogens with zero attached hydrogens (tertiary/aromatic N) is 1. The van der Waals surface area contributed by atoms with Crippen LogP contribution in [0, 0.1) is 0 Å². The van der Waals surface area contributed by atoms with Gasteiger partial charge in [0.25, 0.3) is 0 Å². The Hall–Kier alpha value is -1.93. The summed E-state index contributed by atoms with van der Waals surface area (Å²) in [5.74, 6) is -1.11. The van der Waals surface area contributed by atoms with Crippen LogP contribution in [0.3, 0.4) is 0 Å². The first-order chi connectivity index (χ1) is 6.74. The third-order valence-corrected chi connectivity index (χ3v) is 1.77. The van der Waals surface area contributed by atoms with Crippen LogP contribution in [-0.2, 0) is 16.0 Å². The number of benzene rings is 1. The van der Waals surface area contributed by atoms with E-state index in [1.54, 1.807) is 24.3 Å². The van der Waals surface area contributed by atoms with Gasteiger partial charge in [0.05, 0.1) is 0 Å². The molecule has 1 atom stereocenters. The van der Waals surface area contributed by atoms with Crippen molar-refractivity contribution in [3.8, 4) is 0 Å². The first-order valence-electron chi connectivity index (χ1n) is 4.07. The molecule has 0 aliphatic rings. The molecule has 1 aromatic rings. The second-order valence-electron chi connectivity index (χ2n) is 2.76. The molecule has 0 saturated carbocycles. The van der Waals surface area contributed by atoms with Crippen molar-refractivity contribution in [2.75, 3.05) is 0 Å². The lowest BCUT2D eigenvalue weighted by atomic mass is 10.1. The van der Waals surface area contributed by atoms with Gasteiger partial charge in [0, 0.05) is 6.42 Å². The minimum absolute atomic E-state index is 0.214. The lowest BCUT2D eigenvalue weighted by Crippen LogP contribution is -2.20. The molecule has 14 heavy (non-hydrogen) atoms. The molecule has 0 bridgehead atoms. The molecule has 0 saturated heterocycles. The molecule has 0 spiro atoms. The summed E-state index contributed by atoms with van der Waals surface area (Å²) in [5.41, 5.74) is 0.832. The zero-order valence-corrected chi connectivity index (χ0v) is 7.38. The lowest BCUT2D eigenvalue weighted by Gasteiger charge is -2.04. The number of isocyanates is 1. The molecule has 1 aromatic carbocycles. The third-order valence-electron chi connectivity index (χ3n) is 1.77. The maximum Gasteiger partial charge on any atom is 0.329 e. The fourth-order valence-corrected chi connectivity index (χ4v) is 1.09. The summed E-state index contributed by atoms with van der Waals surface area (Å²) in [4.78, 5) is 23.8. The van der Waals surface area contributed by atoms with Gasteiger partial charge in [-0.05, 0) is 5.56 Å². The molecule has 0 heterocycles. The van der Waals surface area contributed by atoms with Crippen LogP contribution in [0.25, 0.3) is 0 Å². The average molecular weight is 191 g/mol. The Morgan fingerprint density at radius 3 is 2.57 bits per heavy atom. The molecular formula is C10H9NO3. The number of aliphatic carboxylic acids is 1. The Morgan fingerprint density at radius 1 is 1.43 bits per heavy atom. The average Bonchev–Trinajstić information content (AvgIpc) is 2.18. The van der Waals surface area contributed by atoms with E-state index in [0.717, 1.165) is 5.56 Å². The largest absolute Gasteiger partial charge is 0.480 e. The number of rotatable bonds is 4. The van der Waals surface area contributed by atoms with Gasteiger partial charge in [-0.2, -0.15) is 4.99 Å². The van der Waals surface area contributed by atoms with Crippen LogP contribution >= 0.6 is 0 Å². The van der Waals surface area contributed by atoms with Crippen molar-refractivity contribution in [1.29, 1.82) is 0 Å². The van der Waals surface area contributed by atoms with Crippen molar-refractivity contribution in [3.05, 3.63) is 35.9 Å². The van der Waals surface area contributed by atoms with Gasteiger partial charge in [0.2, 0.25) is 6.08 Å². The highest BCUT2D eigenvalue weighted by Gasteiger charge is 2.16. The fraction of sp³-hybridized carbons (Fsp3) is 0.200. The van der Waals surface area contributed by atoms with E-state index in [0.29, 0.717) is 0 Å². The van der Waals surface area contributed by atoms with E-state index in [1.165, 1.54) is 6.08 Å². The highest BCUT2D eigenvalue weighted by Crippen LogP contribution is 2.05. The molecule has 1 N–H and O–H groups in total.